The number of ether oxygens (including phenoxy) is 2. The van der Waals surface area contributed by atoms with E-state index in [-0.39, 0.29) is 11.5 Å². The molecule has 2 rings (SSSR count). The lowest BCUT2D eigenvalue weighted by molar-refractivity contribution is 0.308. The monoisotopic (exact) mass is 458 g/mol. The number of benzene rings is 2. The zero-order valence-electron chi connectivity index (χ0n) is 16.4. The number of rotatable bonds is 13. The van der Waals surface area contributed by atoms with Crippen LogP contribution in [0.25, 0.3) is 11.1 Å². The zero-order valence-corrected chi connectivity index (χ0v) is 18.1. The molecule has 2 N–H and O–H groups in total. The number of unbranched alkanes of at least 4 members (excludes halogenated alkanes) is 2. The number of hydrogen-bond donors (Lipinski definition) is 2. The van der Waals surface area contributed by atoms with Crippen LogP contribution in [0.3, 0.4) is 0 Å². The van der Waals surface area contributed by atoms with Gasteiger partial charge < -0.3 is 9.47 Å². The molecule has 10 heteroatoms. The lowest BCUT2D eigenvalue weighted by Crippen LogP contribution is -2.06. The van der Waals surface area contributed by atoms with Gasteiger partial charge in [-0.15, -0.1) is 0 Å². The molecule has 2 aromatic rings. The SMILES string of the molecule is O=S(=O)(O)CCCCOc1ccc(-c2ccc(OCCCCS(=O)(=O)O)cc2)cc1. The molecule has 0 heterocycles. The molecule has 166 valence electrons. The fourth-order valence-corrected chi connectivity index (χ4v) is 3.78. The molecular formula is C20H26O8S2. The standard InChI is InChI=1S/C20H26O8S2/c21-29(22,23)15-3-1-13-27-19-9-5-17(6-10-19)18-7-11-20(12-8-18)28-14-2-4-16-30(24,25)26/h5-12H,1-4,13-16H2,(H,21,22,23)(H,24,25,26). The molecule has 30 heavy (non-hydrogen) atoms. The third-order valence-electron chi connectivity index (χ3n) is 4.17. The van der Waals surface area contributed by atoms with E-state index < -0.39 is 20.2 Å². The fourth-order valence-electron chi connectivity index (χ4n) is 2.64. The first-order chi connectivity index (χ1) is 14.1. The molecule has 0 aliphatic heterocycles. The van der Waals surface area contributed by atoms with Crippen molar-refractivity contribution in [2.24, 2.45) is 0 Å². The van der Waals surface area contributed by atoms with Crippen LogP contribution in [0.1, 0.15) is 25.7 Å². The predicted molar refractivity (Wildman–Crippen MR) is 114 cm³/mol. The van der Waals surface area contributed by atoms with Crippen molar-refractivity contribution < 1.29 is 35.4 Å². The van der Waals surface area contributed by atoms with Crippen molar-refractivity contribution in [2.75, 3.05) is 24.7 Å². The largest absolute Gasteiger partial charge is 0.494 e. The Labute approximate surface area is 177 Å². The Morgan fingerprint density at radius 3 is 1.20 bits per heavy atom. The second-order valence-corrected chi connectivity index (χ2v) is 9.88. The molecule has 0 atom stereocenters. The highest BCUT2D eigenvalue weighted by Gasteiger charge is 2.05. The molecule has 0 aliphatic carbocycles. The number of hydrogen-bond acceptors (Lipinski definition) is 6. The summed E-state index contributed by atoms with van der Waals surface area (Å²) in [4.78, 5) is 0. The Morgan fingerprint density at radius 1 is 0.567 bits per heavy atom. The molecule has 2 aromatic carbocycles. The summed E-state index contributed by atoms with van der Waals surface area (Å²) < 4.78 is 71.1. The topological polar surface area (TPSA) is 127 Å². The van der Waals surface area contributed by atoms with Crippen LogP contribution in [0.2, 0.25) is 0 Å². The van der Waals surface area contributed by atoms with E-state index in [0.717, 1.165) is 11.1 Å². The van der Waals surface area contributed by atoms with Crippen molar-refractivity contribution in [1.82, 2.24) is 0 Å². The van der Waals surface area contributed by atoms with Gasteiger partial charge in [-0.25, -0.2) is 0 Å². The Balaban J connectivity index is 1.75. The van der Waals surface area contributed by atoms with Crippen LogP contribution in [-0.4, -0.2) is 50.7 Å². The van der Waals surface area contributed by atoms with Gasteiger partial charge in [-0.05, 0) is 61.1 Å². The molecule has 8 nitrogen and oxygen atoms in total. The third-order valence-corrected chi connectivity index (χ3v) is 5.78. The van der Waals surface area contributed by atoms with E-state index >= 15 is 0 Å². The van der Waals surface area contributed by atoms with E-state index in [0.29, 0.717) is 50.4 Å². The van der Waals surface area contributed by atoms with E-state index in [1.165, 1.54) is 0 Å². The summed E-state index contributed by atoms with van der Waals surface area (Å²) in [5.41, 5.74) is 1.99. The fraction of sp³-hybridized carbons (Fsp3) is 0.400. The molecule has 0 aliphatic rings. The Bertz CT molecular complexity index is 899. The zero-order chi connectivity index (χ0) is 22.0. The molecule has 0 fully saturated rings. The van der Waals surface area contributed by atoms with Gasteiger partial charge in [0.2, 0.25) is 0 Å². The third kappa shape index (κ3) is 10.1. The summed E-state index contributed by atoms with van der Waals surface area (Å²) in [5, 5.41) is 0. The van der Waals surface area contributed by atoms with Crippen LogP contribution in [0.4, 0.5) is 0 Å². The maximum absolute atomic E-state index is 10.6. The molecule has 0 unspecified atom stereocenters. The van der Waals surface area contributed by atoms with Gasteiger partial charge in [0.15, 0.2) is 0 Å². The Hall–Kier alpha value is -2.14. The quantitative estimate of drug-likeness (QED) is 0.345. The van der Waals surface area contributed by atoms with E-state index in [1.807, 2.05) is 48.5 Å². The Kier molecular flexibility index (Phi) is 9.09. The summed E-state index contributed by atoms with van der Waals surface area (Å²) in [7, 11) is -7.84. The van der Waals surface area contributed by atoms with Crippen LogP contribution in [0.15, 0.2) is 48.5 Å². The van der Waals surface area contributed by atoms with Crippen molar-refractivity contribution in [2.45, 2.75) is 25.7 Å². The van der Waals surface area contributed by atoms with Crippen LogP contribution in [-0.2, 0) is 20.2 Å². The van der Waals surface area contributed by atoms with Crippen molar-refractivity contribution in [3.63, 3.8) is 0 Å². The average molecular weight is 459 g/mol. The summed E-state index contributed by atoms with van der Waals surface area (Å²) >= 11 is 0. The average Bonchev–Trinajstić information content (AvgIpc) is 2.67. The predicted octanol–water partition coefficient (Wildman–Crippen LogP) is 3.45. The normalized spacial score (nSPS) is 11.9. The van der Waals surface area contributed by atoms with Gasteiger partial charge in [0.1, 0.15) is 11.5 Å². The van der Waals surface area contributed by atoms with Gasteiger partial charge in [0, 0.05) is 0 Å². The van der Waals surface area contributed by atoms with Crippen LogP contribution >= 0.6 is 0 Å². The van der Waals surface area contributed by atoms with Crippen molar-refractivity contribution in [1.29, 1.82) is 0 Å². The molecule has 0 radical (unpaired) electrons. The second kappa shape index (κ2) is 11.3. The van der Waals surface area contributed by atoms with Gasteiger partial charge in [-0.3, -0.25) is 9.11 Å². The molecule has 0 bridgehead atoms. The maximum atomic E-state index is 10.6. The molecule has 0 saturated carbocycles. The highest BCUT2D eigenvalue weighted by atomic mass is 32.2. The lowest BCUT2D eigenvalue weighted by atomic mass is 10.1. The van der Waals surface area contributed by atoms with Crippen LogP contribution in [0, 0.1) is 0 Å². The minimum absolute atomic E-state index is 0.264. The van der Waals surface area contributed by atoms with E-state index in [4.69, 9.17) is 18.6 Å². The van der Waals surface area contributed by atoms with Gasteiger partial charge in [-0.2, -0.15) is 16.8 Å². The second-order valence-electron chi connectivity index (χ2n) is 6.73. The smallest absolute Gasteiger partial charge is 0.264 e. The summed E-state index contributed by atoms with van der Waals surface area (Å²) in [5.74, 6) is 0.824. The minimum Gasteiger partial charge on any atom is -0.494 e. The maximum Gasteiger partial charge on any atom is 0.264 e. The van der Waals surface area contributed by atoms with Gasteiger partial charge in [-0.1, -0.05) is 24.3 Å². The molecule has 0 amide bonds. The first kappa shape index (κ1) is 24.1. The first-order valence-electron chi connectivity index (χ1n) is 9.49. The highest BCUT2D eigenvalue weighted by molar-refractivity contribution is 7.86. The Morgan fingerprint density at radius 2 is 0.900 bits per heavy atom. The van der Waals surface area contributed by atoms with E-state index in [2.05, 4.69) is 0 Å². The van der Waals surface area contributed by atoms with E-state index in [1.54, 1.807) is 0 Å². The molecule has 0 aromatic heterocycles. The van der Waals surface area contributed by atoms with Crippen molar-refractivity contribution >= 4 is 20.2 Å². The lowest BCUT2D eigenvalue weighted by Gasteiger charge is -2.09. The van der Waals surface area contributed by atoms with Gasteiger partial charge >= 0.3 is 0 Å². The molecular weight excluding hydrogens is 432 g/mol. The summed E-state index contributed by atoms with van der Waals surface area (Å²) in [6.45, 7) is 0.732. The summed E-state index contributed by atoms with van der Waals surface area (Å²) in [6, 6.07) is 15.0. The van der Waals surface area contributed by atoms with Gasteiger partial charge in [0.05, 0.1) is 24.7 Å². The first-order valence-corrected chi connectivity index (χ1v) is 12.7. The molecule has 0 saturated heterocycles. The van der Waals surface area contributed by atoms with Crippen LogP contribution < -0.4 is 9.47 Å². The van der Waals surface area contributed by atoms with E-state index in [9.17, 15) is 16.8 Å². The van der Waals surface area contributed by atoms with Gasteiger partial charge in [0.25, 0.3) is 20.2 Å². The summed E-state index contributed by atoms with van der Waals surface area (Å²) in [6.07, 6.45) is 1.73. The minimum atomic E-state index is -3.92. The van der Waals surface area contributed by atoms with Crippen LogP contribution in [0.5, 0.6) is 11.5 Å². The highest BCUT2D eigenvalue weighted by Crippen LogP contribution is 2.25. The van der Waals surface area contributed by atoms with Crippen molar-refractivity contribution in [3.8, 4) is 22.6 Å². The van der Waals surface area contributed by atoms with Crippen molar-refractivity contribution in [3.05, 3.63) is 48.5 Å². The molecule has 0 spiro atoms.